The first-order valence-electron chi connectivity index (χ1n) is 9.54. The Labute approximate surface area is 163 Å². The third kappa shape index (κ3) is 2.71. The quantitative estimate of drug-likeness (QED) is 0.686. The Morgan fingerprint density at radius 2 is 1.86 bits per heavy atom. The minimum atomic E-state index is -0.0248. The maximum atomic E-state index is 13.2. The van der Waals surface area contributed by atoms with Crippen LogP contribution in [0.5, 0.6) is 5.75 Å². The van der Waals surface area contributed by atoms with Crippen molar-refractivity contribution in [3.8, 4) is 17.0 Å². The Hall–Kier alpha value is -3.34. The van der Waals surface area contributed by atoms with Gasteiger partial charge in [0.2, 0.25) is 0 Å². The van der Waals surface area contributed by atoms with E-state index in [0.29, 0.717) is 25.4 Å². The number of aromatic nitrogens is 2. The molecule has 5 rings (SSSR count). The number of carbonyl (C=O) groups is 1. The van der Waals surface area contributed by atoms with Crippen LogP contribution >= 0.6 is 0 Å². The maximum absolute atomic E-state index is 13.2. The zero-order chi connectivity index (χ0) is 19.1. The molecule has 140 valence electrons. The highest BCUT2D eigenvalue weighted by Crippen LogP contribution is 2.38. The first kappa shape index (κ1) is 16.8. The highest BCUT2D eigenvalue weighted by molar-refractivity contribution is 5.96. The maximum Gasteiger partial charge on any atom is 0.275 e. The predicted molar refractivity (Wildman–Crippen MR) is 108 cm³/mol. The van der Waals surface area contributed by atoms with Crippen LogP contribution in [0.15, 0.2) is 60.7 Å². The highest BCUT2D eigenvalue weighted by atomic mass is 16.5. The van der Waals surface area contributed by atoms with Gasteiger partial charge in [0, 0.05) is 31.3 Å². The molecule has 0 N–H and O–H groups in total. The monoisotopic (exact) mass is 371 g/mol. The van der Waals surface area contributed by atoms with Crippen LogP contribution in [0.3, 0.4) is 0 Å². The van der Waals surface area contributed by atoms with Gasteiger partial charge in [-0.2, -0.15) is 5.10 Å². The smallest absolute Gasteiger partial charge is 0.275 e. The van der Waals surface area contributed by atoms with Crippen molar-refractivity contribution in [2.45, 2.75) is 13.0 Å². The van der Waals surface area contributed by atoms with Crippen molar-refractivity contribution < 1.29 is 9.53 Å². The number of nitrogens with zero attached hydrogens (tertiary/aromatic N) is 3. The molecule has 0 saturated heterocycles. The van der Waals surface area contributed by atoms with Gasteiger partial charge in [-0.15, -0.1) is 0 Å². The fourth-order valence-electron chi connectivity index (χ4n) is 4.07. The summed E-state index contributed by atoms with van der Waals surface area (Å²) < 4.78 is 7.68. The van der Waals surface area contributed by atoms with Crippen LogP contribution in [0, 0.1) is 0 Å². The third-order valence-electron chi connectivity index (χ3n) is 5.50. The summed E-state index contributed by atoms with van der Waals surface area (Å²) in [6, 6.07) is 18.3. The highest BCUT2D eigenvalue weighted by Gasteiger charge is 2.31. The van der Waals surface area contributed by atoms with E-state index in [1.54, 1.807) is 4.68 Å². The van der Waals surface area contributed by atoms with Crippen LogP contribution in [-0.2, 0) is 13.7 Å². The lowest BCUT2D eigenvalue weighted by molar-refractivity contribution is 0.0763. The van der Waals surface area contributed by atoms with Crippen LogP contribution in [0.2, 0.25) is 0 Å². The van der Waals surface area contributed by atoms with Crippen molar-refractivity contribution in [1.29, 1.82) is 0 Å². The number of amides is 1. The molecule has 0 aliphatic carbocycles. The van der Waals surface area contributed by atoms with Crippen LogP contribution in [0.4, 0.5) is 0 Å². The second-order valence-corrected chi connectivity index (χ2v) is 7.18. The van der Waals surface area contributed by atoms with Gasteiger partial charge in [-0.05, 0) is 29.7 Å². The molecule has 0 atom stereocenters. The molecule has 0 fully saturated rings. The predicted octanol–water partition coefficient (Wildman–Crippen LogP) is 3.91. The summed E-state index contributed by atoms with van der Waals surface area (Å²) in [5, 5.41) is 4.57. The van der Waals surface area contributed by atoms with Crippen molar-refractivity contribution in [1.82, 2.24) is 14.7 Å². The van der Waals surface area contributed by atoms with Gasteiger partial charge in [0.15, 0.2) is 5.69 Å². The third-order valence-corrected chi connectivity index (χ3v) is 5.50. The van der Waals surface area contributed by atoms with E-state index in [-0.39, 0.29) is 5.91 Å². The number of rotatable bonds is 2. The average molecular weight is 371 g/mol. The topological polar surface area (TPSA) is 47.4 Å². The summed E-state index contributed by atoms with van der Waals surface area (Å²) >= 11 is 0. The number of ether oxygens (including phenoxy) is 1. The molecule has 0 saturated carbocycles. The lowest BCUT2D eigenvalue weighted by Crippen LogP contribution is -2.35. The SMILES string of the molecule is Cn1nc(C(=O)N2CC=C(c3ccccc3)CC2)c2c1-c1ccccc1OC2. The molecule has 2 aliphatic rings. The van der Waals surface area contributed by atoms with Gasteiger partial charge in [0.25, 0.3) is 5.91 Å². The van der Waals surface area contributed by atoms with Gasteiger partial charge >= 0.3 is 0 Å². The van der Waals surface area contributed by atoms with E-state index < -0.39 is 0 Å². The molecular formula is C23H21N3O2. The number of hydrogen-bond donors (Lipinski definition) is 0. The summed E-state index contributed by atoms with van der Waals surface area (Å²) in [6.07, 6.45) is 3.00. The number of para-hydroxylation sites is 1. The zero-order valence-corrected chi connectivity index (χ0v) is 15.8. The summed E-state index contributed by atoms with van der Waals surface area (Å²) in [7, 11) is 1.89. The van der Waals surface area contributed by atoms with E-state index >= 15 is 0 Å². The van der Waals surface area contributed by atoms with Gasteiger partial charge in [-0.25, -0.2) is 0 Å². The van der Waals surface area contributed by atoms with Gasteiger partial charge in [-0.1, -0.05) is 48.5 Å². The molecule has 0 bridgehead atoms. The molecule has 2 aliphatic heterocycles. The lowest BCUT2D eigenvalue weighted by atomic mass is 9.99. The van der Waals surface area contributed by atoms with Crippen molar-refractivity contribution in [2.75, 3.05) is 13.1 Å². The van der Waals surface area contributed by atoms with Crippen molar-refractivity contribution in [3.05, 3.63) is 77.5 Å². The summed E-state index contributed by atoms with van der Waals surface area (Å²) in [4.78, 5) is 15.1. The second kappa shape index (κ2) is 6.68. The molecule has 28 heavy (non-hydrogen) atoms. The summed E-state index contributed by atoms with van der Waals surface area (Å²) in [5.41, 5.74) is 5.87. The molecule has 2 aromatic carbocycles. The standard InChI is InChI=1S/C23H21N3O2/c1-25-22-18-9-5-6-10-20(18)28-15-19(22)21(24-25)23(27)26-13-11-17(12-14-26)16-7-3-2-4-8-16/h2-11H,12-15H2,1H3. The van der Waals surface area contributed by atoms with Gasteiger partial charge in [0.05, 0.1) is 5.69 Å². The van der Waals surface area contributed by atoms with Crippen molar-refractivity contribution in [3.63, 3.8) is 0 Å². The molecule has 0 radical (unpaired) electrons. The minimum Gasteiger partial charge on any atom is -0.488 e. The minimum absolute atomic E-state index is 0.0248. The molecule has 3 aromatic rings. The Bertz CT molecular complexity index is 1080. The lowest BCUT2D eigenvalue weighted by Gasteiger charge is -2.26. The summed E-state index contributed by atoms with van der Waals surface area (Å²) in [6.45, 7) is 1.68. The van der Waals surface area contributed by atoms with E-state index in [2.05, 4.69) is 23.3 Å². The van der Waals surface area contributed by atoms with Crippen molar-refractivity contribution in [2.24, 2.45) is 7.05 Å². The molecule has 1 aromatic heterocycles. The van der Waals surface area contributed by atoms with E-state index in [9.17, 15) is 4.79 Å². The molecule has 5 heteroatoms. The van der Waals surface area contributed by atoms with E-state index in [0.717, 1.165) is 29.0 Å². The average Bonchev–Trinajstić information content (AvgIpc) is 3.11. The van der Waals surface area contributed by atoms with Gasteiger partial charge in [-0.3, -0.25) is 9.48 Å². The first-order valence-corrected chi connectivity index (χ1v) is 9.54. The Morgan fingerprint density at radius 1 is 1.07 bits per heavy atom. The van der Waals surface area contributed by atoms with Crippen LogP contribution in [0.25, 0.3) is 16.8 Å². The number of fused-ring (bicyclic) bond motifs is 3. The number of hydrogen-bond acceptors (Lipinski definition) is 3. The van der Waals surface area contributed by atoms with Crippen LogP contribution in [-0.4, -0.2) is 33.7 Å². The van der Waals surface area contributed by atoms with E-state index in [1.807, 2.05) is 54.4 Å². The zero-order valence-electron chi connectivity index (χ0n) is 15.8. The fraction of sp³-hybridized carbons (Fsp3) is 0.217. The van der Waals surface area contributed by atoms with Gasteiger partial charge < -0.3 is 9.64 Å². The molecule has 3 heterocycles. The summed E-state index contributed by atoms with van der Waals surface area (Å²) in [5.74, 6) is 0.814. The van der Waals surface area contributed by atoms with Crippen LogP contribution < -0.4 is 4.74 Å². The number of benzene rings is 2. The van der Waals surface area contributed by atoms with Gasteiger partial charge in [0.1, 0.15) is 12.4 Å². The molecule has 0 spiro atoms. The largest absolute Gasteiger partial charge is 0.488 e. The fourth-order valence-corrected chi connectivity index (χ4v) is 4.07. The normalized spacial score (nSPS) is 15.3. The number of aryl methyl sites for hydroxylation is 1. The van der Waals surface area contributed by atoms with E-state index in [1.165, 1.54) is 11.1 Å². The van der Waals surface area contributed by atoms with Crippen LogP contribution in [0.1, 0.15) is 28.0 Å². The molecule has 0 unspecified atom stereocenters. The first-order chi connectivity index (χ1) is 13.7. The Balaban J connectivity index is 1.43. The van der Waals surface area contributed by atoms with Crippen molar-refractivity contribution >= 4 is 11.5 Å². The molecular weight excluding hydrogens is 350 g/mol. The Kier molecular flexibility index (Phi) is 4.01. The Morgan fingerprint density at radius 3 is 2.64 bits per heavy atom. The van der Waals surface area contributed by atoms with E-state index in [4.69, 9.17) is 4.74 Å². The molecule has 1 amide bonds. The molecule has 5 nitrogen and oxygen atoms in total. The number of carbonyl (C=O) groups excluding carboxylic acids is 1. The second-order valence-electron chi connectivity index (χ2n) is 7.18.